The normalized spacial score (nSPS) is 12.5. The average molecular weight is 439 g/mol. The Balaban J connectivity index is 2.29. The Labute approximate surface area is 191 Å². The van der Waals surface area contributed by atoms with Gasteiger partial charge >= 0.3 is 0 Å². The Kier molecular flexibility index (Phi) is 17.8. The van der Waals surface area contributed by atoms with E-state index in [2.05, 4.69) is 6.92 Å². The van der Waals surface area contributed by atoms with Crippen molar-refractivity contribution in [3.8, 4) is 0 Å². The van der Waals surface area contributed by atoms with Gasteiger partial charge in [-0.25, -0.2) is 4.39 Å². The standard InChI is InChI=1S/C27H47FO3/c1-4-7-8-9-10-11-15-21-26(31-27(29-5-2)30-6-3)22-16-13-12-14-18-24-19-17-20-25(28)23-24/h17,19-20,23,26-27H,4-16,18,21-22H2,1-3H3. The Morgan fingerprint density at radius 1 is 0.742 bits per heavy atom. The number of hydrogen-bond donors (Lipinski definition) is 0. The summed E-state index contributed by atoms with van der Waals surface area (Å²) < 4.78 is 30.7. The van der Waals surface area contributed by atoms with Gasteiger partial charge in [-0.2, -0.15) is 0 Å². The maximum atomic E-state index is 13.3. The first-order valence-corrected chi connectivity index (χ1v) is 12.8. The number of unbranched alkanes of at least 4 members (excludes halogenated alkanes) is 9. The summed E-state index contributed by atoms with van der Waals surface area (Å²) in [4.78, 5) is 0. The zero-order chi connectivity index (χ0) is 22.6. The average Bonchev–Trinajstić information content (AvgIpc) is 2.75. The van der Waals surface area contributed by atoms with Crippen LogP contribution in [-0.4, -0.2) is 25.8 Å². The summed E-state index contributed by atoms with van der Waals surface area (Å²) >= 11 is 0. The molecule has 0 heterocycles. The first kappa shape index (κ1) is 28.1. The minimum absolute atomic E-state index is 0.138. The molecule has 1 unspecified atom stereocenters. The minimum atomic E-state index is -0.544. The lowest BCUT2D eigenvalue weighted by atomic mass is 10.0. The number of benzene rings is 1. The van der Waals surface area contributed by atoms with Gasteiger partial charge in [0, 0.05) is 13.2 Å². The van der Waals surface area contributed by atoms with E-state index in [0.717, 1.165) is 37.7 Å². The molecule has 0 saturated heterocycles. The van der Waals surface area contributed by atoms with E-state index < -0.39 is 6.48 Å². The van der Waals surface area contributed by atoms with Gasteiger partial charge in [-0.3, -0.25) is 0 Å². The second-order valence-electron chi connectivity index (χ2n) is 8.45. The van der Waals surface area contributed by atoms with Crippen molar-refractivity contribution < 1.29 is 18.6 Å². The molecule has 180 valence electrons. The van der Waals surface area contributed by atoms with Crippen molar-refractivity contribution in [2.24, 2.45) is 0 Å². The van der Waals surface area contributed by atoms with Gasteiger partial charge < -0.3 is 14.2 Å². The van der Waals surface area contributed by atoms with E-state index >= 15 is 0 Å². The Morgan fingerprint density at radius 3 is 1.90 bits per heavy atom. The summed E-state index contributed by atoms with van der Waals surface area (Å²) in [6.07, 6.45) is 17.1. The van der Waals surface area contributed by atoms with Crippen molar-refractivity contribution in [1.29, 1.82) is 0 Å². The highest BCUT2D eigenvalue weighted by Gasteiger charge is 2.17. The second kappa shape index (κ2) is 19.7. The van der Waals surface area contributed by atoms with Crippen LogP contribution < -0.4 is 0 Å². The van der Waals surface area contributed by atoms with Gasteiger partial charge in [0.15, 0.2) is 0 Å². The first-order chi connectivity index (χ1) is 15.2. The van der Waals surface area contributed by atoms with Crippen LogP contribution in [0.15, 0.2) is 24.3 Å². The van der Waals surface area contributed by atoms with Gasteiger partial charge in [-0.15, -0.1) is 0 Å². The third-order valence-corrected chi connectivity index (χ3v) is 5.67. The molecule has 0 spiro atoms. The smallest absolute Gasteiger partial charge is 0.271 e. The number of hydrogen-bond acceptors (Lipinski definition) is 3. The largest absolute Gasteiger partial charge is 0.330 e. The minimum Gasteiger partial charge on any atom is -0.330 e. The number of ether oxygens (including phenoxy) is 3. The Hall–Kier alpha value is -0.970. The number of aryl methyl sites for hydroxylation is 1. The van der Waals surface area contributed by atoms with Gasteiger partial charge in [-0.1, -0.05) is 83.3 Å². The van der Waals surface area contributed by atoms with Crippen LogP contribution >= 0.6 is 0 Å². The highest BCUT2D eigenvalue weighted by molar-refractivity contribution is 5.16. The van der Waals surface area contributed by atoms with Gasteiger partial charge in [0.2, 0.25) is 0 Å². The summed E-state index contributed by atoms with van der Waals surface area (Å²) in [5.74, 6) is -0.138. The maximum Gasteiger partial charge on any atom is 0.271 e. The molecule has 0 saturated carbocycles. The molecule has 1 rings (SSSR count). The molecule has 0 aliphatic rings. The van der Waals surface area contributed by atoms with E-state index in [4.69, 9.17) is 14.2 Å². The van der Waals surface area contributed by atoms with Crippen molar-refractivity contribution in [2.75, 3.05) is 13.2 Å². The fraction of sp³-hybridized carbons (Fsp3) is 0.778. The van der Waals surface area contributed by atoms with Crippen molar-refractivity contribution in [3.63, 3.8) is 0 Å². The van der Waals surface area contributed by atoms with Crippen LogP contribution in [0.25, 0.3) is 0 Å². The molecule has 3 nitrogen and oxygen atoms in total. The molecule has 0 radical (unpaired) electrons. The Bertz CT molecular complexity index is 517. The number of halogens is 1. The molecule has 1 aromatic carbocycles. The molecule has 0 aliphatic carbocycles. The maximum absolute atomic E-state index is 13.3. The van der Waals surface area contributed by atoms with Crippen LogP contribution in [0.3, 0.4) is 0 Å². The summed E-state index contributed by atoms with van der Waals surface area (Å²) in [5, 5.41) is 0. The van der Waals surface area contributed by atoms with E-state index in [1.807, 2.05) is 19.9 Å². The van der Waals surface area contributed by atoms with Gasteiger partial charge in [0.05, 0.1) is 6.10 Å². The quantitative estimate of drug-likeness (QED) is 0.143. The SMILES string of the molecule is CCCCCCCCCC(CCCCCCc1cccc(F)c1)OC(OCC)OCC. The van der Waals surface area contributed by atoms with Crippen LogP contribution in [0.2, 0.25) is 0 Å². The van der Waals surface area contributed by atoms with E-state index in [9.17, 15) is 4.39 Å². The molecule has 0 bridgehead atoms. The van der Waals surface area contributed by atoms with Crippen molar-refractivity contribution >= 4 is 0 Å². The summed E-state index contributed by atoms with van der Waals surface area (Å²) in [7, 11) is 0. The fourth-order valence-corrected chi connectivity index (χ4v) is 3.91. The van der Waals surface area contributed by atoms with Crippen molar-refractivity contribution in [1.82, 2.24) is 0 Å². The van der Waals surface area contributed by atoms with Crippen LogP contribution in [-0.2, 0) is 20.6 Å². The van der Waals surface area contributed by atoms with Gasteiger partial charge in [-0.05, 0) is 57.2 Å². The molecule has 0 N–H and O–H groups in total. The lowest BCUT2D eigenvalue weighted by Gasteiger charge is -2.24. The molecule has 1 atom stereocenters. The zero-order valence-electron chi connectivity index (χ0n) is 20.4. The molecule has 0 aliphatic heterocycles. The third kappa shape index (κ3) is 15.5. The van der Waals surface area contributed by atoms with Crippen LogP contribution in [0, 0.1) is 5.82 Å². The third-order valence-electron chi connectivity index (χ3n) is 5.67. The highest BCUT2D eigenvalue weighted by Crippen LogP contribution is 2.19. The lowest BCUT2D eigenvalue weighted by Crippen LogP contribution is -2.27. The van der Waals surface area contributed by atoms with E-state index in [0.29, 0.717) is 13.2 Å². The highest BCUT2D eigenvalue weighted by atomic mass is 19.1. The predicted octanol–water partition coefficient (Wildman–Crippen LogP) is 8.20. The van der Waals surface area contributed by atoms with Gasteiger partial charge in [0.25, 0.3) is 6.48 Å². The van der Waals surface area contributed by atoms with E-state index in [-0.39, 0.29) is 11.9 Å². The first-order valence-electron chi connectivity index (χ1n) is 12.8. The fourth-order valence-electron chi connectivity index (χ4n) is 3.91. The number of rotatable bonds is 21. The summed E-state index contributed by atoms with van der Waals surface area (Å²) in [6.45, 7) is 6.84. The van der Waals surface area contributed by atoms with Crippen LogP contribution in [0.5, 0.6) is 0 Å². The van der Waals surface area contributed by atoms with Crippen LogP contribution in [0.1, 0.15) is 110 Å². The zero-order valence-corrected chi connectivity index (χ0v) is 20.4. The van der Waals surface area contributed by atoms with Crippen molar-refractivity contribution in [2.45, 2.75) is 123 Å². The molecular formula is C27H47FO3. The molecule has 0 fully saturated rings. The van der Waals surface area contributed by atoms with E-state index in [1.54, 1.807) is 12.1 Å². The molecule has 0 amide bonds. The second-order valence-corrected chi connectivity index (χ2v) is 8.45. The van der Waals surface area contributed by atoms with Gasteiger partial charge in [0.1, 0.15) is 5.82 Å². The van der Waals surface area contributed by atoms with Crippen LogP contribution in [0.4, 0.5) is 4.39 Å². The lowest BCUT2D eigenvalue weighted by molar-refractivity contribution is -0.302. The predicted molar refractivity (Wildman–Crippen MR) is 128 cm³/mol. The molecule has 31 heavy (non-hydrogen) atoms. The van der Waals surface area contributed by atoms with Crippen molar-refractivity contribution in [3.05, 3.63) is 35.6 Å². The molecule has 1 aromatic rings. The molecule has 4 heteroatoms. The topological polar surface area (TPSA) is 27.7 Å². The molecular weight excluding hydrogens is 391 g/mol. The monoisotopic (exact) mass is 438 g/mol. The summed E-state index contributed by atoms with van der Waals surface area (Å²) in [5.41, 5.74) is 1.09. The molecule has 0 aromatic heterocycles. The Morgan fingerprint density at radius 2 is 1.32 bits per heavy atom. The summed E-state index contributed by atoms with van der Waals surface area (Å²) in [6, 6.07) is 6.96. The van der Waals surface area contributed by atoms with E-state index in [1.165, 1.54) is 63.9 Å².